The van der Waals surface area contributed by atoms with Crippen molar-refractivity contribution >= 4 is 6.03 Å². The van der Waals surface area contributed by atoms with Gasteiger partial charge in [-0.15, -0.1) is 6.58 Å². The SMILES string of the molecule is C=CCN(C)C(=O)NCC1(c2ccccc2F)CC1. The summed E-state index contributed by atoms with van der Waals surface area (Å²) in [6.07, 6.45) is 3.50. The van der Waals surface area contributed by atoms with Crippen LogP contribution in [0.15, 0.2) is 36.9 Å². The summed E-state index contributed by atoms with van der Waals surface area (Å²) in [4.78, 5) is 13.3. The van der Waals surface area contributed by atoms with Crippen LogP contribution in [0, 0.1) is 5.82 Å². The Hall–Kier alpha value is -1.84. The van der Waals surface area contributed by atoms with Gasteiger partial charge in [0.1, 0.15) is 5.82 Å². The van der Waals surface area contributed by atoms with Gasteiger partial charge < -0.3 is 10.2 Å². The smallest absolute Gasteiger partial charge is 0.317 e. The van der Waals surface area contributed by atoms with Crippen LogP contribution >= 0.6 is 0 Å². The summed E-state index contributed by atoms with van der Waals surface area (Å²) in [6.45, 7) is 4.57. The van der Waals surface area contributed by atoms with Gasteiger partial charge in [0.2, 0.25) is 0 Å². The zero-order chi connectivity index (χ0) is 13.9. The fourth-order valence-corrected chi connectivity index (χ4v) is 2.24. The van der Waals surface area contributed by atoms with Crippen LogP contribution in [0.4, 0.5) is 9.18 Å². The van der Waals surface area contributed by atoms with Gasteiger partial charge in [0.25, 0.3) is 0 Å². The van der Waals surface area contributed by atoms with Crippen molar-refractivity contribution < 1.29 is 9.18 Å². The lowest BCUT2D eigenvalue weighted by Gasteiger charge is -2.21. The van der Waals surface area contributed by atoms with Crippen LogP contribution in [0.2, 0.25) is 0 Å². The fourth-order valence-electron chi connectivity index (χ4n) is 2.24. The van der Waals surface area contributed by atoms with Crippen molar-refractivity contribution in [3.8, 4) is 0 Å². The minimum Gasteiger partial charge on any atom is -0.337 e. The first-order chi connectivity index (χ1) is 9.09. The Bertz CT molecular complexity index is 483. The van der Waals surface area contributed by atoms with Crippen molar-refractivity contribution in [1.82, 2.24) is 10.2 Å². The second kappa shape index (κ2) is 5.43. The van der Waals surface area contributed by atoms with Crippen LogP contribution in [-0.2, 0) is 5.41 Å². The van der Waals surface area contributed by atoms with E-state index in [1.54, 1.807) is 24.1 Å². The second-order valence-corrected chi connectivity index (χ2v) is 5.09. The third kappa shape index (κ3) is 2.95. The molecule has 0 unspecified atom stereocenters. The molecule has 1 N–H and O–H groups in total. The number of likely N-dealkylation sites (N-methyl/N-ethyl adjacent to an activating group) is 1. The highest BCUT2D eigenvalue weighted by atomic mass is 19.1. The summed E-state index contributed by atoms with van der Waals surface area (Å²) in [6, 6.07) is 6.65. The minimum atomic E-state index is -0.212. The summed E-state index contributed by atoms with van der Waals surface area (Å²) in [7, 11) is 1.71. The third-order valence-corrected chi connectivity index (χ3v) is 3.63. The van der Waals surface area contributed by atoms with E-state index in [-0.39, 0.29) is 17.3 Å². The molecule has 0 spiro atoms. The molecule has 1 aliphatic carbocycles. The monoisotopic (exact) mass is 262 g/mol. The van der Waals surface area contributed by atoms with Crippen molar-refractivity contribution in [2.75, 3.05) is 20.1 Å². The molecule has 19 heavy (non-hydrogen) atoms. The molecule has 1 aromatic carbocycles. The number of nitrogens with one attached hydrogen (secondary N) is 1. The molecule has 0 aromatic heterocycles. The van der Waals surface area contributed by atoms with E-state index in [0.717, 1.165) is 12.8 Å². The van der Waals surface area contributed by atoms with Gasteiger partial charge in [-0.1, -0.05) is 24.3 Å². The molecule has 102 valence electrons. The Morgan fingerprint density at radius 2 is 2.21 bits per heavy atom. The molecule has 1 saturated carbocycles. The molecule has 0 aliphatic heterocycles. The molecule has 1 fully saturated rings. The average molecular weight is 262 g/mol. The van der Waals surface area contributed by atoms with Gasteiger partial charge in [0.05, 0.1) is 0 Å². The number of carbonyl (C=O) groups excluding carboxylic acids is 1. The first-order valence-electron chi connectivity index (χ1n) is 6.44. The molecule has 0 atom stereocenters. The molecule has 4 heteroatoms. The van der Waals surface area contributed by atoms with Crippen LogP contribution < -0.4 is 5.32 Å². The molecule has 1 aromatic rings. The van der Waals surface area contributed by atoms with Crippen LogP contribution in [0.25, 0.3) is 0 Å². The average Bonchev–Trinajstić information content (AvgIpc) is 3.18. The number of carbonyl (C=O) groups is 1. The summed E-state index contributed by atoms with van der Waals surface area (Å²) < 4.78 is 13.8. The summed E-state index contributed by atoms with van der Waals surface area (Å²) in [5, 5.41) is 2.87. The largest absolute Gasteiger partial charge is 0.337 e. The highest BCUT2D eigenvalue weighted by molar-refractivity contribution is 5.74. The molecular formula is C15H19FN2O. The van der Waals surface area contributed by atoms with Crippen LogP contribution in [0.3, 0.4) is 0 Å². The number of hydrogen-bond donors (Lipinski definition) is 1. The van der Waals surface area contributed by atoms with Crippen LogP contribution in [0.1, 0.15) is 18.4 Å². The van der Waals surface area contributed by atoms with Gasteiger partial charge >= 0.3 is 6.03 Å². The molecule has 2 amide bonds. The maximum absolute atomic E-state index is 13.8. The first kappa shape index (κ1) is 13.6. The number of rotatable bonds is 5. The topological polar surface area (TPSA) is 32.3 Å². The van der Waals surface area contributed by atoms with Crippen molar-refractivity contribution in [3.05, 3.63) is 48.3 Å². The number of hydrogen-bond acceptors (Lipinski definition) is 1. The van der Waals surface area contributed by atoms with E-state index in [1.165, 1.54) is 6.07 Å². The van der Waals surface area contributed by atoms with Crippen molar-refractivity contribution in [2.45, 2.75) is 18.3 Å². The molecule has 0 bridgehead atoms. The van der Waals surface area contributed by atoms with E-state index < -0.39 is 0 Å². The standard InChI is InChI=1S/C15H19FN2O/c1-3-10-18(2)14(19)17-11-15(8-9-15)12-6-4-5-7-13(12)16/h3-7H,1,8-11H2,2H3,(H,17,19). The van der Waals surface area contributed by atoms with Gasteiger partial charge in [-0.05, 0) is 24.5 Å². The van der Waals surface area contributed by atoms with Crippen molar-refractivity contribution in [1.29, 1.82) is 0 Å². The van der Waals surface area contributed by atoms with Crippen LogP contribution in [-0.4, -0.2) is 31.1 Å². The Balaban J connectivity index is 1.98. The van der Waals surface area contributed by atoms with Crippen LogP contribution in [0.5, 0.6) is 0 Å². The van der Waals surface area contributed by atoms with Crippen molar-refractivity contribution in [3.63, 3.8) is 0 Å². The minimum absolute atomic E-state index is 0.150. The molecule has 1 aliphatic rings. The summed E-state index contributed by atoms with van der Waals surface area (Å²) in [5.41, 5.74) is 0.498. The van der Waals surface area contributed by atoms with E-state index in [2.05, 4.69) is 11.9 Å². The predicted octanol–water partition coefficient (Wildman–Crippen LogP) is 2.68. The lowest BCUT2D eigenvalue weighted by molar-refractivity contribution is 0.212. The van der Waals surface area contributed by atoms with E-state index in [1.807, 2.05) is 12.1 Å². The number of halogens is 1. The van der Waals surface area contributed by atoms with Crippen molar-refractivity contribution in [2.24, 2.45) is 0 Å². The maximum Gasteiger partial charge on any atom is 0.317 e. The Morgan fingerprint density at radius 1 is 1.53 bits per heavy atom. The molecular weight excluding hydrogens is 243 g/mol. The fraction of sp³-hybridized carbons (Fsp3) is 0.400. The lowest BCUT2D eigenvalue weighted by Crippen LogP contribution is -2.41. The quantitative estimate of drug-likeness (QED) is 0.813. The van der Waals surface area contributed by atoms with Gasteiger partial charge in [-0.3, -0.25) is 0 Å². The Kier molecular flexibility index (Phi) is 3.88. The molecule has 2 rings (SSSR count). The number of amides is 2. The van der Waals surface area contributed by atoms with E-state index in [4.69, 9.17) is 0 Å². The Morgan fingerprint density at radius 3 is 2.79 bits per heavy atom. The van der Waals surface area contributed by atoms with Gasteiger partial charge in [-0.2, -0.15) is 0 Å². The summed E-state index contributed by atoms with van der Waals surface area (Å²) in [5.74, 6) is -0.186. The highest BCUT2D eigenvalue weighted by Gasteiger charge is 2.46. The molecule has 0 heterocycles. The molecule has 3 nitrogen and oxygen atoms in total. The van der Waals surface area contributed by atoms with Gasteiger partial charge in [-0.25, -0.2) is 9.18 Å². The normalized spacial score (nSPS) is 15.7. The maximum atomic E-state index is 13.8. The summed E-state index contributed by atoms with van der Waals surface area (Å²) >= 11 is 0. The second-order valence-electron chi connectivity index (χ2n) is 5.09. The van der Waals surface area contributed by atoms with E-state index >= 15 is 0 Å². The van der Waals surface area contributed by atoms with E-state index in [0.29, 0.717) is 18.7 Å². The van der Waals surface area contributed by atoms with E-state index in [9.17, 15) is 9.18 Å². The van der Waals surface area contributed by atoms with Gasteiger partial charge in [0, 0.05) is 25.6 Å². The molecule has 0 saturated heterocycles. The number of benzene rings is 1. The zero-order valence-corrected chi connectivity index (χ0v) is 11.2. The predicted molar refractivity (Wildman–Crippen MR) is 73.5 cm³/mol. The number of urea groups is 1. The first-order valence-corrected chi connectivity index (χ1v) is 6.44. The number of nitrogens with zero attached hydrogens (tertiary/aromatic N) is 1. The highest BCUT2D eigenvalue weighted by Crippen LogP contribution is 2.48. The van der Waals surface area contributed by atoms with Gasteiger partial charge in [0.15, 0.2) is 0 Å². The lowest BCUT2D eigenvalue weighted by atomic mass is 9.95. The third-order valence-electron chi connectivity index (χ3n) is 3.63. The molecule has 0 radical (unpaired) electrons. The Labute approximate surface area is 113 Å². The zero-order valence-electron chi connectivity index (χ0n) is 11.2.